The van der Waals surface area contributed by atoms with Crippen LogP contribution in [-0.2, 0) is 26.1 Å². The first kappa shape index (κ1) is 22.0. The summed E-state index contributed by atoms with van der Waals surface area (Å²) in [5.41, 5.74) is 1.96. The van der Waals surface area contributed by atoms with Crippen LogP contribution in [0.2, 0.25) is 0 Å². The topological polar surface area (TPSA) is 96.3 Å². The van der Waals surface area contributed by atoms with Crippen molar-refractivity contribution in [2.75, 3.05) is 27.2 Å². The second-order valence-electron chi connectivity index (χ2n) is 8.05. The number of fused-ring (bicyclic) bond motifs is 1. The SMILES string of the molecule is COC(=O)c1ccc(CN(C)C(=O)C2CCCN(C3=NS(=O)(=O)c4ccccc43)C2)cc1. The Morgan fingerprint density at radius 1 is 1.16 bits per heavy atom. The molecule has 1 fully saturated rings. The average molecular weight is 456 g/mol. The van der Waals surface area contributed by atoms with Gasteiger partial charge in [0.1, 0.15) is 4.90 Å². The number of nitrogens with zero attached hydrogens (tertiary/aromatic N) is 3. The molecule has 0 aliphatic carbocycles. The van der Waals surface area contributed by atoms with Crippen LogP contribution in [0.4, 0.5) is 0 Å². The average Bonchev–Trinajstić information content (AvgIpc) is 3.09. The number of amidine groups is 1. The quantitative estimate of drug-likeness (QED) is 0.657. The Balaban J connectivity index is 1.44. The summed E-state index contributed by atoms with van der Waals surface area (Å²) < 4.78 is 33.5. The van der Waals surface area contributed by atoms with Crippen LogP contribution in [0.1, 0.15) is 34.3 Å². The van der Waals surface area contributed by atoms with Gasteiger partial charge in [-0.2, -0.15) is 8.42 Å². The smallest absolute Gasteiger partial charge is 0.337 e. The number of carbonyl (C=O) groups excluding carboxylic acids is 2. The number of amides is 1. The summed E-state index contributed by atoms with van der Waals surface area (Å²) in [6.45, 7) is 1.49. The maximum atomic E-state index is 13.1. The maximum absolute atomic E-state index is 13.1. The van der Waals surface area contributed by atoms with E-state index in [4.69, 9.17) is 4.74 Å². The number of hydrogen-bond acceptors (Lipinski definition) is 6. The molecule has 0 bridgehead atoms. The summed E-state index contributed by atoms with van der Waals surface area (Å²) in [5, 5.41) is 0. The van der Waals surface area contributed by atoms with Gasteiger partial charge in [0, 0.05) is 32.2 Å². The van der Waals surface area contributed by atoms with Gasteiger partial charge in [-0.05, 0) is 42.7 Å². The molecule has 2 aliphatic rings. The lowest BCUT2D eigenvalue weighted by molar-refractivity contribution is -0.136. The van der Waals surface area contributed by atoms with Crippen LogP contribution in [0.15, 0.2) is 57.8 Å². The lowest BCUT2D eigenvalue weighted by Gasteiger charge is -2.35. The summed E-state index contributed by atoms with van der Waals surface area (Å²) in [6.07, 6.45) is 1.52. The lowest BCUT2D eigenvalue weighted by atomic mass is 9.95. The molecule has 0 spiro atoms. The van der Waals surface area contributed by atoms with Gasteiger partial charge in [0.15, 0.2) is 5.84 Å². The third kappa shape index (κ3) is 4.25. The van der Waals surface area contributed by atoms with Crippen molar-refractivity contribution in [1.29, 1.82) is 0 Å². The Hall–Kier alpha value is -3.20. The molecule has 1 atom stereocenters. The molecule has 0 N–H and O–H groups in total. The van der Waals surface area contributed by atoms with E-state index in [1.807, 2.05) is 4.90 Å². The lowest BCUT2D eigenvalue weighted by Crippen LogP contribution is -2.45. The van der Waals surface area contributed by atoms with E-state index in [9.17, 15) is 18.0 Å². The third-order valence-corrected chi connectivity index (χ3v) is 7.18. The zero-order valence-corrected chi connectivity index (χ0v) is 18.8. The highest BCUT2D eigenvalue weighted by Crippen LogP contribution is 2.30. The monoisotopic (exact) mass is 455 g/mol. The molecule has 1 amide bonds. The fourth-order valence-corrected chi connectivity index (χ4v) is 5.44. The summed E-state index contributed by atoms with van der Waals surface area (Å²) in [4.78, 5) is 28.5. The normalized spacial score (nSPS) is 19.1. The van der Waals surface area contributed by atoms with Gasteiger partial charge in [-0.1, -0.05) is 24.3 Å². The number of benzene rings is 2. The minimum absolute atomic E-state index is 0.00137. The Bertz CT molecular complexity index is 1170. The van der Waals surface area contributed by atoms with Crippen molar-refractivity contribution in [3.8, 4) is 0 Å². The predicted octanol–water partition coefficient (Wildman–Crippen LogP) is 2.29. The van der Waals surface area contributed by atoms with E-state index in [1.54, 1.807) is 60.5 Å². The highest BCUT2D eigenvalue weighted by atomic mass is 32.2. The standard InChI is InChI=1S/C23H25N3O5S/c1-25(14-16-9-11-17(12-10-16)23(28)31-2)22(27)18-6-5-13-26(15-18)21-19-7-3-4-8-20(19)32(29,30)24-21/h3-4,7-12,18H,5-6,13-15H2,1-2H3. The molecule has 1 unspecified atom stereocenters. The minimum atomic E-state index is -3.69. The zero-order valence-electron chi connectivity index (χ0n) is 18.0. The van der Waals surface area contributed by atoms with Gasteiger partial charge in [0.05, 0.1) is 18.6 Å². The van der Waals surface area contributed by atoms with Gasteiger partial charge in [-0.15, -0.1) is 4.40 Å². The Kier molecular flexibility index (Phi) is 6.01. The second-order valence-corrected chi connectivity index (χ2v) is 9.63. The van der Waals surface area contributed by atoms with Gasteiger partial charge in [-0.3, -0.25) is 4.79 Å². The van der Waals surface area contributed by atoms with Gasteiger partial charge in [0.25, 0.3) is 10.0 Å². The molecule has 2 aromatic rings. The van der Waals surface area contributed by atoms with Crippen LogP contribution in [0.5, 0.6) is 0 Å². The highest BCUT2D eigenvalue weighted by Gasteiger charge is 2.35. The number of methoxy groups -OCH3 is 1. The first-order chi connectivity index (χ1) is 15.3. The van der Waals surface area contributed by atoms with Crippen LogP contribution in [0.3, 0.4) is 0 Å². The number of rotatable bonds is 4. The molecule has 168 valence electrons. The molecule has 2 aromatic carbocycles. The summed E-state index contributed by atoms with van der Waals surface area (Å²) in [7, 11) is -0.606. The van der Waals surface area contributed by atoms with E-state index in [-0.39, 0.29) is 16.7 Å². The van der Waals surface area contributed by atoms with Gasteiger partial charge >= 0.3 is 5.97 Å². The van der Waals surface area contributed by atoms with Crippen LogP contribution in [-0.4, -0.2) is 63.2 Å². The van der Waals surface area contributed by atoms with E-state index in [2.05, 4.69) is 4.40 Å². The Morgan fingerprint density at radius 3 is 2.59 bits per heavy atom. The number of esters is 1. The first-order valence-corrected chi connectivity index (χ1v) is 11.9. The van der Waals surface area contributed by atoms with Crippen molar-refractivity contribution in [3.05, 3.63) is 65.2 Å². The second kappa shape index (κ2) is 8.74. The van der Waals surface area contributed by atoms with Crippen LogP contribution in [0.25, 0.3) is 0 Å². The Labute approximate surface area is 187 Å². The molecule has 2 heterocycles. The number of ether oxygens (including phenoxy) is 1. The molecule has 0 aromatic heterocycles. The van der Waals surface area contributed by atoms with E-state index in [1.165, 1.54) is 7.11 Å². The molecule has 0 saturated carbocycles. The zero-order chi connectivity index (χ0) is 22.9. The van der Waals surface area contributed by atoms with E-state index < -0.39 is 16.0 Å². The highest BCUT2D eigenvalue weighted by molar-refractivity contribution is 7.90. The first-order valence-electron chi connectivity index (χ1n) is 10.4. The van der Waals surface area contributed by atoms with Gasteiger partial charge in [-0.25, -0.2) is 4.79 Å². The third-order valence-electron chi connectivity index (χ3n) is 5.85. The van der Waals surface area contributed by atoms with Crippen molar-refractivity contribution >= 4 is 27.7 Å². The number of carbonyl (C=O) groups is 2. The van der Waals surface area contributed by atoms with Crippen molar-refractivity contribution in [2.45, 2.75) is 24.3 Å². The maximum Gasteiger partial charge on any atom is 0.337 e. The molecule has 4 rings (SSSR count). The van der Waals surface area contributed by atoms with Crippen LogP contribution in [0, 0.1) is 5.92 Å². The summed E-state index contributed by atoms with van der Waals surface area (Å²) >= 11 is 0. The molecule has 0 radical (unpaired) electrons. The molecule has 1 saturated heterocycles. The molecular weight excluding hydrogens is 430 g/mol. The molecule has 9 heteroatoms. The number of likely N-dealkylation sites (tertiary alicyclic amines) is 1. The van der Waals surface area contributed by atoms with Gasteiger partial charge in [0.2, 0.25) is 5.91 Å². The summed E-state index contributed by atoms with van der Waals surface area (Å²) in [6, 6.07) is 13.8. The molecule has 8 nitrogen and oxygen atoms in total. The van der Waals surface area contributed by atoms with E-state index in [0.29, 0.717) is 36.6 Å². The minimum Gasteiger partial charge on any atom is -0.465 e. The number of piperidine rings is 1. The van der Waals surface area contributed by atoms with Crippen LogP contribution < -0.4 is 0 Å². The number of sulfonamides is 1. The fourth-order valence-electron chi connectivity index (χ4n) is 4.22. The van der Waals surface area contributed by atoms with Gasteiger partial charge < -0.3 is 14.5 Å². The van der Waals surface area contributed by atoms with Crippen molar-refractivity contribution < 1.29 is 22.7 Å². The van der Waals surface area contributed by atoms with Crippen molar-refractivity contribution in [3.63, 3.8) is 0 Å². The molecular formula is C23H25N3O5S. The predicted molar refractivity (Wildman–Crippen MR) is 119 cm³/mol. The van der Waals surface area contributed by atoms with Crippen molar-refractivity contribution in [1.82, 2.24) is 9.80 Å². The fraction of sp³-hybridized carbons (Fsp3) is 0.348. The van der Waals surface area contributed by atoms with Crippen LogP contribution >= 0.6 is 0 Å². The molecule has 2 aliphatic heterocycles. The van der Waals surface area contributed by atoms with E-state index in [0.717, 1.165) is 18.4 Å². The molecule has 32 heavy (non-hydrogen) atoms. The Morgan fingerprint density at radius 2 is 1.88 bits per heavy atom. The largest absolute Gasteiger partial charge is 0.465 e. The van der Waals surface area contributed by atoms with E-state index >= 15 is 0 Å². The summed E-state index contributed by atoms with van der Waals surface area (Å²) in [5.74, 6) is -0.219. The number of hydrogen-bond donors (Lipinski definition) is 0. The van der Waals surface area contributed by atoms with Crippen molar-refractivity contribution in [2.24, 2.45) is 10.3 Å².